The minimum absolute atomic E-state index is 0.869. The van der Waals surface area contributed by atoms with Gasteiger partial charge in [-0.15, -0.1) is 0 Å². The van der Waals surface area contributed by atoms with Gasteiger partial charge in [0.25, 0.3) is 0 Å². The first-order valence-electron chi connectivity index (χ1n) is 17.4. The van der Waals surface area contributed by atoms with Gasteiger partial charge in [0.1, 0.15) is 23.0 Å². The summed E-state index contributed by atoms with van der Waals surface area (Å²) in [6.45, 7) is 0. The van der Waals surface area contributed by atoms with Crippen molar-refractivity contribution >= 4 is 43.5 Å². The molecule has 234 valence electrons. The van der Waals surface area contributed by atoms with E-state index in [0.717, 1.165) is 63.3 Å². The number of hydrogen-bond donors (Lipinski definition) is 0. The first-order valence-corrected chi connectivity index (χ1v) is 17.4. The maximum atomic E-state index is 6.69. The van der Waals surface area contributed by atoms with Gasteiger partial charge in [-0.3, -0.25) is 0 Å². The van der Waals surface area contributed by atoms with Crippen molar-refractivity contribution in [3.05, 3.63) is 169 Å². The van der Waals surface area contributed by atoms with Gasteiger partial charge in [-0.1, -0.05) is 115 Å². The van der Waals surface area contributed by atoms with Crippen LogP contribution in [0.1, 0.15) is 24.0 Å². The monoisotopic (exact) mass is 638 g/mol. The van der Waals surface area contributed by atoms with E-state index in [2.05, 4.69) is 158 Å². The fraction of sp³-hybridized carbons (Fsp3) is 0.0417. The Hall–Kier alpha value is -6.38. The van der Waals surface area contributed by atoms with E-state index in [0.29, 0.717) is 0 Å². The Balaban J connectivity index is 0.938. The molecule has 2 heterocycles. The quantitative estimate of drug-likeness (QED) is 0.192. The second-order valence-electron chi connectivity index (χ2n) is 13.6. The molecule has 3 aliphatic rings. The van der Waals surface area contributed by atoms with Crippen LogP contribution in [0.5, 0.6) is 23.0 Å². The van der Waals surface area contributed by atoms with E-state index >= 15 is 0 Å². The summed E-state index contributed by atoms with van der Waals surface area (Å²) < 4.78 is 13.4. The molecule has 0 atom stereocenters. The van der Waals surface area contributed by atoms with E-state index in [1.807, 2.05) is 0 Å². The van der Waals surface area contributed by atoms with Crippen LogP contribution in [-0.2, 0) is 0 Å². The van der Waals surface area contributed by atoms with E-state index in [1.165, 1.54) is 60.5 Å². The van der Waals surface area contributed by atoms with Crippen LogP contribution in [-0.4, -0.2) is 0 Å². The van der Waals surface area contributed by atoms with Crippen LogP contribution >= 0.6 is 0 Å². The zero-order valence-corrected chi connectivity index (χ0v) is 27.2. The van der Waals surface area contributed by atoms with Crippen molar-refractivity contribution in [2.45, 2.75) is 12.8 Å². The summed E-state index contributed by atoms with van der Waals surface area (Å²) in [6, 6.07) is 52.4. The van der Waals surface area contributed by atoms with Crippen molar-refractivity contribution < 1.29 is 9.47 Å². The number of fused-ring (bicyclic) bond motifs is 6. The normalized spacial score (nSPS) is 14.0. The van der Waals surface area contributed by atoms with Gasteiger partial charge in [0.15, 0.2) is 0 Å². The molecule has 2 aliphatic heterocycles. The Bertz CT molecular complexity index is 2820. The van der Waals surface area contributed by atoms with Gasteiger partial charge in [0.2, 0.25) is 0 Å². The number of rotatable bonds is 3. The standard InChI is InChI=1S/C48H30O2/c1-3-7-33-25-35(15-13-29(33)5-1)31-9-11-32(12-10-31)37-17-19-39-41-21-22-42-40-20-18-38(36-16-14-30-6-2-4-8-34(30)26-36)28-46(40)50-44-24-23-43(47(41)48(42)44)49-45(39)27-37/h1-9,11,13-28H,10,12H2. The molecule has 50 heavy (non-hydrogen) atoms. The molecule has 0 saturated heterocycles. The Kier molecular flexibility index (Phi) is 5.82. The number of benzene rings is 8. The van der Waals surface area contributed by atoms with Gasteiger partial charge in [-0.25, -0.2) is 0 Å². The molecule has 1 aliphatic carbocycles. The fourth-order valence-electron chi connectivity index (χ4n) is 8.20. The lowest BCUT2D eigenvalue weighted by molar-refractivity contribution is 0.475. The lowest BCUT2D eigenvalue weighted by Crippen LogP contribution is -2.03. The van der Waals surface area contributed by atoms with Gasteiger partial charge in [0.05, 0.1) is 0 Å². The maximum Gasteiger partial charge on any atom is 0.136 e. The number of allylic oxidation sites excluding steroid dienone is 4. The largest absolute Gasteiger partial charge is 0.456 e. The van der Waals surface area contributed by atoms with Crippen molar-refractivity contribution in [3.63, 3.8) is 0 Å². The van der Waals surface area contributed by atoms with Crippen molar-refractivity contribution in [1.29, 1.82) is 0 Å². The van der Waals surface area contributed by atoms with Crippen molar-refractivity contribution in [3.8, 4) is 56.4 Å². The average Bonchev–Trinajstić information content (AvgIpc) is 3.18. The van der Waals surface area contributed by atoms with Gasteiger partial charge < -0.3 is 9.47 Å². The molecule has 8 aromatic rings. The predicted octanol–water partition coefficient (Wildman–Crippen LogP) is 13.6. The van der Waals surface area contributed by atoms with E-state index in [9.17, 15) is 0 Å². The van der Waals surface area contributed by atoms with Gasteiger partial charge >= 0.3 is 0 Å². The summed E-state index contributed by atoms with van der Waals surface area (Å²) in [5.41, 5.74) is 12.2. The topological polar surface area (TPSA) is 18.5 Å². The zero-order valence-electron chi connectivity index (χ0n) is 27.2. The van der Waals surface area contributed by atoms with Crippen LogP contribution in [0.4, 0.5) is 0 Å². The van der Waals surface area contributed by atoms with Gasteiger partial charge in [-0.2, -0.15) is 0 Å². The molecule has 0 saturated carbocycles. The molecule has 0 N–H and O–H groups in total. The SMILES string of the molecule is C1=C(c2ccc3c(c2)Oc2ccc4c5c(ccc-3c25)-c2ccc(-c3ccc5ccccc5c3)cc2O4)CCC(c2ccc3ccccc3c2)=C1. The highest BCUT2D eigenvalue weighted by atomic mass is 16.5. The average molecular weight is 639 g/mol. The lowest BCUT2D eigenvalue weighted by atomic mass is 9.86. The molecule has 0 unspecified atom stereocenters. The highest BCUT2D eigenvalue weighted by Gasteiger charge is 2.28. The van der Waals surface area contributed by atoms with Crippen molar-refractivity contribution in [1.82, 2.24) is 0 Å². The Morgan fingerprint density at radius 3 is 1.32 bits per heavy atom. The maximum absolute atomic E-state index is 6.69. The third kappa shape index (κ3) is 4.22. The summed E-state index contributed by atoms with van der Waals surface area (Å²) in [6.07, 6.45) is 6.60. The number of hydrogen-bond acceptors (Lipinski definition) is 2. The van der Waals surface area contributed by atoms with Crippen molar-refractivity contribution in [2.75, 3.05) is 0 Å². The van der Waals surface area contributed by atoms with E-state index in [-0.39, 0.29) is 0 Å². The first-order chi connectivity index (χ1) is 24.7. The summed E-state index contributed by atoms with van der Waals surface area (Å²) in [7, 11) is 0. The van der Waals surface area contributed by atoms with Gasteiger partial charge in [-0.05, 0) is 121 Å². The molecule has 11 rings (SSSR count). The Morgan fingerprint density at radius 2 is 0.740 bits per heavy atom. The second-order valence-corrected chi connectivity index (χ2v) is 13.6. The van der Waals surface area contributed by atoms with Crippen LogP contribution < -0.4 is 9.47 Å². The van der Waals surface area contributed by atoms with Crippen LogP contribution in [0.2, 0.25) is 0 Å². The minimum Gasteiger partial charge on any atom is -0.456 e. The minimum atomic E-state index is 0.869. The Morgan fingerprint density at radius 1 is 0.320 bits per heavy atom. The van der Waals surface area contributed by atoms with Crippen LogP contribution in [0.25, 0.3) is 76.8 Å². The molecule has 2 heteroatoms. The molecular weight excluding hydrogens is 609 g/mol. The summed E-state index contributed by atoms with van der Waals surface area (Å²) in [5.74, 6) is 3.53. The smallest absolute Gasteiger partial charge is 0.136 e. The van der Waals surface area contributed by atoms with Crippen molar-refractivity contribution in [2.24, 2.45) is 0 Å². The summed E-state index contributed by atoms with van der Waals surface area (Å²) in [4.78, 5) is 0. The van der Waals surface area contributed by atoms with E-state index in [1.54, 1.807) is 0 Å². The fourth-order valence-corrected chi connectivity index (χ4v) is 8.20. The van der Waals surface area contributed by atoms with Crippen LogP contribution in [0.3, 0.4) is 0 Å². The molecule has 0 radical (unpaired) electrons. The highest BCUT2D eigenvalue weighted by molar-refractivity contribution is 6.14. The summed E-state index contributed by atoms with van der Waals surface area (Å²) in [5, 5.41) is 7.28. The van der Waals surface area contributed by atoms with Gasteiger partial charge in [0, 0.05) is 21.9 Å². The first kappa shape index (κ1) is 27.6. The van der Waals surface area contributed by atoms with Crippen LogP contribution in [0.15, 0.2) is 158 Å². The molecule has 0 amide bonds. The molecule has 0 spiro atoms. The van der Waals surface area contributed by atoms with Crippen LogP contribution in [0, 0.1) is 0 Å². The zero-order chi connectivity index (χ0) is 32.8. The molecule has 0 aromatic heterocycles. The molecular formula is C48H30O2. The Labute approximate surface area is 290 Å². The number of ether oxygens (including phenoxy) is 2. The molecule has 8 aromatic carbocycles. The summed E-state index contributed by atoms with van der Waals surface area (Å²) >= 11 is 0. The highest BCUT2D eigenvalue weighted by Crippen LogP contribution is 2.55. The van der Waals surface area contributed by atoms with E-state index in [4.69, 9.17) is 9.47 Å². The third-order valence-corrected chi connectivity index (χ3v) is 10.8. The predicted molar refractivity (Wildman–Crippen MR) is 207 cm³/mol. The third-order valence-electron chi connectivity index (χ3n) is 10.8. The molecule has 2 nitrogen and oxygen atoms in total. The second kappa shape index (κ2) is 10.6. The lowest BCUT2D eigenvalue weighted by Gasteiger charge is -2.28. The van der Waals surface area contributed by atoms with E-state index < -0.39 is 0 Å². The molecule has 0 fully saturated rings. The molecule has 0 bridgehead atoms.